The van der Waals surface area contributed by atoms with Gasteiger partial charge in [0.2, 0.25) is 0 Å². The summed E-state index contributed by atoms with van der Waals surface area (Å²) >= 11 is 0. The minimum atomic E-state index is -4.58. The molecular formula is C18H15F3N2O. The zero-order valence-corrected chi connectivity index (χ0v) is 13.2. The number of H-pyrrole nitrogens is 1. The van der Waals surface area contributed by atoms with Crippen LogP contribution < -0.4 is 0 Å². The molecule has 3 aromatic rings. The molecule has 0 atom stereocenters. The molecule has 0 radical (unpaired) electrons. The Kier molecular flexibility index (Phi) is 2.90. The first-order valence-electron chi connectivity index (χ1n) is 7.71. The average Bonchev–Trinajstić information content (AvgIpc) is 2.82. The molecule has 0 saturated carbocycles. The van der Waals surface area contributed by atoms with Gasteiger partial charge in [-0.2, -0.15) is 13.2 Å². The van der Waals surface area contributed by atoms with E-state index >= 15 is 0 Å². The maximum Gasteiger partial charge on any atom is 0.435 e. The predicted molar refractivity (Wildman–Crippen MR) is 85.0 cm³/mol. The lowest BCUT2D eigenvalue weighted by Gasteiger charge is -2.30. The minimum Gasteiger partial charge on any atom is -0.353 e. The second-order valence-electron chi connectivity index (χ2n) is 7.14. The summed E-state index contributed by atoms with van der Waals surface area (Å²) in [4.78, 5) is 19.4. The van der Waals surface area contributed by atoms with Gasteiger partial charge in [-0.05, 0) is 17.9 Å². The molecule has 2 heterocycles. The number of carbonyl (C=O) groups is 1. The van der Waals surface area contributed by atoms with Crippen LogP contribution in [0.15, 0.2) is 24.3 Å². The van der Waals surface area contributed by atoms with E-state index in [1.807, 2.05) is 13.8 Å². The van der Waals surface area contributed by atoms with Crippen molar-refractivity contribution in [2.45, 2.75) is 32.9 Å². The maximum absolute atomic E-state index is 13.5. The summed E-state index contributed by atoms with van der Waals surface area (Å²) in [7, 11) is 0. The molecule has 0 fully saturated rings. The number of hydrogen-bond donors (Lipinski definition) is 1. The minimum absolute atomic E-state index is 0.101. The van der Waals surface area contributed by atoms with Crippen LogP contribution in [0.1, 0.15) is 42.0 Å². The van der Waals surface area contributed by atoms with E-state index in [1.165, 1.54) is 0 Å². The molecular weight excluding hydrogens is 317 g/mol. The third-order valence-electron chi connectivity index (χ3n) is 4.56. The summed E-state index contributed by atoms with van der Waals surface area (Å²) in [6, 6.07) is 6.95. The van der Waals surface area contributed by atoms with Gasteiger partial charge in [0.1, 0.15) is 0 Å². The van der Waals surface area contributed by atoms with Gasteiger partial charge in [0, 0.05) is 28.3 Å². The van der Waals surface area contributed by atoms with Gasteiger partial charge in [-0.3, -0.25) is 4.79 Å². The van der Waals surface area contributed by atoms with E-state index in [0.717, 1.165) is 0 Å². The fourth-order valence-electron chi connectivity index (χ4n) is 3.64. The Hall–Kier alpha value is -2.37. The van der Waals surface area contributed by atoms with Crippen molar-refractivity contribution in [2.24, 2.45) is 5.41 Å². The average molecular weight is 332 g/mol. The normalized spacial score (nSPS) is 17.5. The van der Waals surface area contributed by atoms with Crippen molar-refractivity contribution >= 4 is 27.6 Å². The lowest BCUT2D eigenvalue weighted by molar-refractivity contribution is -0.140. The first kappa shape index (κ1) is 15.2. The molecule has 1 aliphatic carbocycles. The van der Waals surface area contributed by atoms with Gasteiger partial charge in [0.15, 0.2) is 11.5 Å². The number of Topliss-reactive ketones (excluding diaryl/α,β-unsaturated/α-hetero) is 1. The van der Waals surface area contributed by atoms with Crippen molar-refractivity contribution in [3.8, 4) is 0 Å². The van der Waals surface area contributed by atoms with E-state index < -0.39 is 11.9 Å². The highest BCUT2D eigenvalue weighted by Crippen LogP contribution is 2.43. The Morgan fingerprint density at radius 1 is 1.17 bits per heavy atom. The number of carbonyl (C=O) groups excluding carboxylic acids is 1. The highest BCUT2D eigenvalue weighted by molar-refractivity contribution is 6.19. The molecule has 6 heteroatoms. The van der Waals surface area contributed by atoms with Gasteiger partial charge < -0.3 is 4.98 Å². The van der Waals surface area contributed by atoms with Crippen molar-refractivity contribution in [2.75, 3.05) is 0 Å². The highest BCUT2D eigenvalue weighted by atomic mass is 19.4. The molecule has 0 saturated heterocycles. The number of ketones is 1. The first-order valence-corrected chi connectivity index (χ1v) is 7.71. The van der Waals surface area contributed by atoms with Crippen LogP contribution in [0.5, 0.6) is 0 Å². The largest absolute Gasteiger partial charge is 0.435 e. The molecule has 0 spiro atoms. The van der Waals surface area contributed by atoms with Crippen molar-refractivity contribution in [3.05, 3.63) is 41.2 Å². The maximum atomic E-state index is 13.5. The second kappa shape index (κ2) is 4.59. The van der Waals surface area contributed by atoms with E-state index in [9.17, 15) is 18.0 Å². The Labute approximate surface area is 135 Å². The van der Waals surface area contributed by atoms with Crippen LogP contribution in [0.2, 0.25) is 0 Å². The fraction of sp³-hybridized carbons (Fsp3) is 0.333. The standard InChI is InChI=1S/C18H15F3N2O/c1-17(2)7-11-14(12(24)8-17)13-9-5-3-4-6-10(9)22-15(13)16(23-11)18(19,20)21/h3-6,22H,7-8H2,1-2H3. The van der Waals surface area contributed by atoms with Gasteiger partial charge in [0.05, 0.1) is 11.2 Å². The van der Waals surface area contributed by atoms with Crippen LogP contribution in [0, 0.1) is 5.41 Å². The van der Waals surface area contributed by atoms with E-state index in [0.29, 0.717) is 34.7 Å². The monoisotopic (exact) mass is 332 g/mol. The zero-order valence-electron chi connectivity index (χ0n) is 13.2. The van der Waals surface area contributed by atoms with E-state index in [4.69, 9.17) is 0 Å². The second-order valence-corrected chi connectivity index (χ2v) is 7.14. The van der Waals surface area contributed by atoms with Gasteiger partial charge in [0.25, 0.3) is 0 Å². The molecule has 0 aliphatic heterocycles. The molecule has 0 unspecified atom stereocenters. The molecule has 0 bridgehead atoms. The Morgan fingerprint density at radius 2 is 1.88 bits per heavy atom. The number of hydrogen-bond acceptors (Lipinski definition) is 2. The van der Waals surface area contributed by atoms with Crippen molar-refractivity contribution in [3.63, 3.8) is 0 Å². The van der Waals surface area contributed by atoms with Crippen molar-refractivity contribution < 1.29 is 18.0 Å². The number of rotatable bonds is 0. The summed E-state index contributed by atoms with van der Waals surface area (Å²) in [6.07, 6.45) is -3.92. The predicted octanol–water partition coefficient (Wildman–Crippen LogP) is 4.89. The Balaban J connectivity index is 2.20. The number of aromatic amines is 1. The zero-order chi connectivity index (χ0) is 17.3. The topological polar surface area (TPSA) is 45.8 Å². The van der Waals surface area contributed by atoms with Crippen LogP contribution in [0.3, 0.4) is 0 Å². The van der Waals surface area contributed by atoms with Crippen LogP contribution in [-0.2, 0) is 12.6 Å². The lowest BCUT2D eigenvalue weighted by Crippen LogP contribution is -2.29. The van der Waals surface area contributed by atoms with Crippen molar-refractivity contribution in [1.29, 1.82) is 0 Å². The lowest BCUT2D eigenvalue weighted by atomic mass is 9.74. The van der Waals surface area contributed by atoms with Gasteiger partial charge in [-0.15, -0.1) is 0 Å². The molecule has 2 aromatic heterocycles. The Morgan fingerprint density at radius 3 is 2.58 bits per heavy atom. The number of aromatic nitrogens is 2. The number of halogens is 3. The molecule has 1 aromatic carbocycles. The summed E-state index contributed by atoms with van der Waals surface area (Å²) in [5, 5.41) is 0.980. The molecule has 1 aliphatic rings. The van der Waals surface area contributed by atoms with Crippen LogP contribution in [-0.4, -0.2) is 15.8 Å². The third kappa shape index (κ3) is 2.12. The fourth-order valence-corrected chi connectivity index (χ4v) is 3.64. The number of pyridine rings is 1. The molecule has 0 amide bonds. The van der Waals surface area contributed by atoms with Gasteiger partial charge in [-0.1, -0.05) is 32.0 Å². The summed E-state index contributed by atoms with van der Waals surface area (Å²) in [5.74, 6) is -0.141. The van der Waals surface area contributed by atoms with Crippen LogP contribution in [0.25, 0.3) is 21.8 Å². The van der Waals surface area contributed by atoms with E-state index in [1.54, 1.807) is 24.3 Å². The van der Waals surface area contributed by atoms with Crippen LogP contribution in [0.4, 0.5) is 13.2 Å². The molecule has 4 rings (SSSR count). The first-order chi connectivity index (χ1) is 11.2. The Bertz CT molecular complexity index is 999. The number of nitrogens with one attached hydrogen (secondary N) is 1. The van der Waals surface area contributed by atoms with Gasteiger partial charge in [-0.25, -0.2) is 4.98 Å². The quantitative estimate of drug-likeness (QED) is 0.637. The van der Waals surface area contributed by atoms with Crippen molar-refractivity contribution in [1.82, 2.24) is 9.97 Å². The highest BCUT2D eigenvalue weighted by Gasteiger charge is 2.41. The molecule has 3 nitrogen and oxygen atoms in total. The third-order valence-corrected chi connectivity index (χ3v) is 4.56. The van der Waals surface area contributed by atoms with Gasteiger partial charge >= 0.3 is 6.18 Å². The summed E-state index contributed by atoms with van der Waals surface area (Å²) in [6.45, 7) is 3.75. The number of nitrogens with zero attached hydrogens (tertiary/aromatic N) is 1. The number of fused-ring (bicyclic) bond motifs is 5. The smallest absolute Gasteiger partial charge is 0.353 e. The van der Waals surface area contributed by atoms with E-state index in [-0.39, 0.29) is 22.4 Å². The SMILES string of the molecule is CC1(C)CC(=O)c2c(nc(C(F)(F)F)c3[nH]c4ccccc4c23)C1. The molecule has 1 N–H and O–H groups in total. The number of benzene rings is 1. The summed E-state index contributed by atoms with van der Waals surface area (Å²) in [5.41, 5.74) is -0.269. The molecule has 124 valence electrons. The number of para-hydroxylation sites is 1. The van der Waals surface area contributed by atoms with E-state index in [2.05, 4.69) is 9.97 Å². The number of alkyl halides is 3. The summed E-state index contributed by atoms with van der Waals surface area (Å²) < 4.78 is 40.6. The molecule has 24 heavy (non-hydrogen) atoms. The van der Waals surface area contributed by atoms with Crippen LogP contribution >= 0.6 is 0 Å².